The first kappa shape index (κ1) is 16.7. The molecule has 0 aliphatic carbocycles. The molecule has 1 aliphatic rings. The van der Waals surface area contributed by atoms with Crippen LogP contribution < -0.4 is 10.1 Å². The van der Waals surface area contributed by atoms with E-state index in [0.29, 0.717) is 6.42 Å². The van der Waals surface area contributed by atoms with Crippen LogP contribution in [0, 0.1) is 13.8 Å². The average Bonchev–Trinajstić information content (AvgIpc) is 2.51. The van der Waals surface area contributed by atoms with Crippen molar-refractivity contribution >= 4 is 5.91 Å². The normalized spacial score (nSPS) is 19.0. The third-order valence-electron chi connectivity index (χ3n) is 4.31. The van der Waals surface area contributed by atoms with Gasteiger partial charge in [0.2, 0.25) is 5.91 Å². The Morgan fingerprint density at radius 1 is 1.50 bits per heavy atom. The van der Waals surface area contributed by atoms with Crippen LogP contribution in [0.2, 0.25) is 0 Å². The molecule has 1 fully saturated rings. The van der Waals surface area contributed by atoms with Crippen molar-refractivity contribution in [1.82, 2.24) is 15.2 Å². The Hall–Kier alpha value is -1.62. The van der Waals surface area contributed by atoms with E-state index in [1.54, 1.807) is 7.11 Å². The number of rotatable bonds is 5. The molecule has 0 saturated carbocycles. The molecule has 22 heavy (non-hydrogen) atoms. The summed E-state index contributed by atoms with van der Waals surface area (Å²) in [6.45, 7) is 8.72. The van der Waals surface area contributed by atoms with Crippen molar-refractivity contribution in [3.05, 3.63) is 23.0 Å². The molecule has 0 unspecified atom stereocenters. The zero-order valence-corrected chi connectivity index (χ0v) is 14.1. The van der Waals surface area contributed by atoms with Gasteiger partial charge in [0.05, 0.1) is 12.8 Å². The maximum absolute atomic E-state index is 11.6. The maximum atomic E-state index is 11.6. The summed E-state index contributed by atoms with van der Waals surface area (Å²) in [5.74, 6) is 1.07. The van der Waals surface area contributed by atoms with Gasteiger partial charge in [-0.25, -0.2) is 0 Å². The number of methoxy groups -OCH3 is 1. The summed E-state index contributed by atoms with van der Waals surface area (Å²) in [4.78, 5) is 18.5. The monoisotopic (exact) mass is 305 g/mol. The number of piperidine rings is 1. The first-order valence-electron chi connectivity index (χ1n) is 8.06. The third kappa shape index (κ3) is 3.97. The highest BCUT2D eigenvalue weighted by Gasteiger charge is 2.22. The van der Waals surface area contributed by atoms with E-state index in [2.05, 4.69) is 22.1 Å². The first-order valence-corrected chi connectivity index (χ1v) is 8.06. The van der Waals surface area contributed by atoms with Gasteiger partial charge >= 0.3 is 0 Å². The van der Waals surface area contributed by atoms with Crippen LogP contribution in [-0.2, 0) is 11.3 Å². The average molecular weight is 305 g/mol. The van der Waals surface area contributed by atoms with Crippen LogP contribution in [-0.4, -0.2) is 42.0 Å². The number of aryl methyl sites for hydroxylation is 1. The zero-order chi connectivity index (χ0) is 16.1. The molecule has 5 heteroatoms. The van der Waals surface area contributed by atoms with Gasteiger partial charge in [-0.3, -0.25) is 14.7 Å². The highest BCUT2D eigenvalue weighted by Crippen LogP contribution is 2.25. The molecular formula is C17H27N3O2. The quantitative estimate of drug-likeness (QED) is 0.906. The number of amides is 1. The molecular weight excluding hydrogens is 278 g/mol. The second-order valence-electron chi connectivity index (χ2n) is 6.04. The predicted octanol–water partition coefficient (Wildman–Crippen LogP) is 2.20. The minimum absolute atomic E-state index is 0.137. The summed E-state index contributed by atoms with van der Waals surface area (Å²) >= 11 is 0. The van der Waals surface area contributed by atoms with E-state index in [-0.39, 0.29) is 11.9 Å². The molecule has 0 radical (unpaired) electrons. The second-order valence-corrected chi connectivity index (χ2v) is 6.04. The van der Waals surface area contributed by atoms with Crippen LogP contribution in [0.1, 0.15) is 43.0 Å². The van der Waals surface area contributed by atoms with Crippen molar-refractivity contribution in [2.45, 2.75) is 52.6 Å². The van der Waals surface area contributed by atoms with E-state index in [9.17, 15) is 4.79 Å². The molecule has 1 saturated heterocycles. The molecule has 1 N–H and O–H groups in total. The summed E-state index contributed by atoms with van der Waals surface area (Å²) in [5.41, 5.74) is 3.24. The molecule has 2 heterocycles. The van der Waals surface area contributed by atoms with Crippen LogP contribution in [0.25, 0.3) is 0 Å². The van der Waals surface area contributed by atoms with E-state index in [1.165, 1.54) is 0 Å². The molecule has 1 aromatic heterocycles. The highest BCUT2D eigenvalue weighted by atomic mass is 16.5. The van der Waals surface area contributed by atoms with Crippen molar-refractivity contribution in [2.75, 3.05) is 20.2 Å². The van der Waals surface area contributed by atoms with Crippen molar-refractivity contribution in [3.8, 4) is 5.75 Å². The Morgan fingerprint density at radius 3 is 2.95 bits per heavy atom. The lowest BCUT2D eigenvalue weighted by Crippen LogP contribution is -2.47. The van der Waals surface area contributed by atoms with E-state index in [1.807, 2.05) is 20.0 Å². The zero-order valence-electron chi connectivity index (χ0n) is 14.1. The number of hydrogen-bond donors (Lipinski definition) is 1. The summed E-state index contributed by atoms with van der Waals surface area (Å²) in [5, 5.41) is 3.10. The van der Waals surface area contributed by atoms with E-state index in [4.69, 9.17) is 4.74 Å². The number of nitrogens with one attached hydrogen (secondary N) is 1. The van der Waals surface area contributed by atoms with Crippen LogP contribution in [0.5, 0.6) is 5.75 Å². The molecule has 1 aromatic rings. The third-order valence-corrected chi connectivity index (χ3v) is 4.31. The number of hydrogen-bond acceptors (Lipinski definition) is 4. The number of pyridine rings is 1. The molecule has 5 nitrogen and oxygen atoms in total. The Bertz CT molecular complexity index is 531. The van der Waals surface area contributed by atoms with E-state index < -0.39 is 0 Å². The number of nitrogens with zero attached hydrogens (tertiary/aromatic N) is 2. The van der Waals surface area contributed by atoms with Gasteiger partial charge < -0.3 is 10.1 Å². The van der Waals surface area contributed by atoms with Crippen molar-refractivity contribution in [1.29, 1.82) is 0 Å². The maximum Gasteiger partial charge on any atom is 0.219 e. The number of ether oxygens (including phenoxy) is 1. The number of carbonyl (C=O) groups is 1. The summed E-state index contributed by atoms with van der Waals surface area (Å²) < 4.78 is 5.48. The Labute approximate surface area is 133 Å². The number of aromatic nitrogens is 1. The summed E-state index contributed by atoms with van der Waals surface area (Å²) in [6.07, 6.45) is 4.59. The van der Waals surface area contributed by atoms with E-state index in [0.717, 1.165) is 55.0 Å². The van der Waals surface area contributed by atoms with Gasteiger partial charge in [-0.05, 0) is 33.2 Å². The molecule has 1 amide bonds. The second kappa shape index (κ2) is 7.58. The first-order chi connectivity index (χ1) is 10.5. The fourth-order valence-corrected chi connectivity index (χ4v) is 3.09. The lowest BCUT2D eigenvalue weighted by atomic mass is 10.0. The van der Waals surface area contributed by atoms with Crippen molar-refractivity contribution < 1.29 is 9.53 Å². The van der Waals surface area contributed by atoms with Crippen LogP contribution in [0.3, 0.4) is 0 Å². The van der Waals surface area contributed by atoms with Gasteiger partial charge in [-0.1, -0.05) is 6.92 Å². The summed E-state index contributed by atoms with van der Waals surface area (Å²) in [7, 11) is 1.70. The topological polar surface area (TPSA) is 54.5 Å². The summed E-state index contributed by atoms with van der Waals surface area (Å²) in [6, 6.07) is 0.258. The van der Waals surface area contributed by atoms with Crippen molar-refractivity contribution in [3.63, 3.8) is 0 Å². The molecule has 122 valence electrons. The minimum Gasteiger partial charge on any atom is -0.496 e. The van der Waals surface area contributed by atoms with Gasteiger partial charge in [-0.2, -0.15) is 0 Å². The van der Waals surface area contributed by atoms with Crippen LogP contribution >= 0.6 is 0 Å². The fourth-order valence-electron chi connectivity index (χ4n) is 3.09. The Morgan fingerprint density at radius 2 is 2.27 bits per heavy atom. The lowest BCUT2D eigenvalue weighted by molar-refractivity contribution is -0.121. The molecule has 0 spiro atoms. The predicted molar refractivity (Wildman–Crippen MR) is 87.0 cm³/mol. The molecule has 2 rings (SSSR count). The number of carbonyl (C=O) groups excluding carboxylic acids is 1. The minimum atomic E-state index is 0.137. The van der Waals surface area contributed by atoms with Gasteiger partial charge in [0, 0.05) is 42.9 Å². The van der Waals surface area contributed by atoms with Gasteiger partial charge in [0.1, 0.15) is 5.75 Å². The van der Waals surface area contributed by atoms with E-state index >= 15 is 0 Å². The number of likely N-dealkylation sites (tertiary alicyclic amines) is 1. The van der Waals surface area contributed by atoms with Gasteiger partial charge in [0.15, 0.2) is 0 Å². The highest BCUT2D eigenvalue weighted by molar-refractivity contribution is 5.75. The molecule has 1 aliphatic heterocycles. The molecule has 1 atom stereocenters. The largest absolute Gasteiger partial charge is 0.496 e. The molecule has 0 aromatic carbocycles. The van der Waals surface area contributed by atoms with Gasteiger partial charge in [0.25, 0.3) is 0 Å². The van der Waals surface area contributed by atoms with Crippen molar-refractivity contribution in [2.24, 2.45) is 0 Å². The standard InChI is InChI=1S/C17H27N3O2/c1-5-16(21)19-14-7-6-8-20(10-14)11-15-13(3)17(22-4)12(2)9-18-15/h9,14H,5-8,10-11H2,1-4H3,(H,19,21)/t14-/m1/s1. The Kier molecular flexibility index (Phi) is 5.77. The molecule has 0 bridgehead atoms. The Balaban J connectivity index is 2.03. The SMILES string of the molecule is CCC(=O)N[C@@H]1CCCN(Cc2ncc(C)c(OC)c2C)C1. The smallest absolute Gasteiger partial charge is 0.219 e. The lowest BCUT2D eigenvalue weighted by Gasteiger charge is -2.33. The van der Waals surface area contributed by atoms with Crippen LogP contribution in [0.4, 0.5) is 0 Å². The van der Waals surface area contributed by atoms with Crippen LogP contribution in [0.15, 0.2) is 6.20 Å². The fraction of sp³-hybridized carbons (Fsp3) is 0.647. The van der Waals surface area contributed by atoms with Gasteiger partial charge in [-0.15, -0.1) is 0 Å².